The van der Waals surface area contributed by atoms with Crippen molar-refractivity contribution in [3.63, 3.8) is 0 Å². The zero-order valence-electron chi connectivity index (χ0n) is 14.0. The summed E-state index contributed by atoms with van der Waals surface area (Å²) in [7, 11) is 3.36. The number of hydrogen-bond donors (Lipinski definition) is 0. The van der Waals surface area contributed by atoms with E-state index in [1.165, 1.54) is 5.56 Å². The second kappa shape index (κ2) is 7.55. The molecule has 24 heavy (non-hydrogen) atoms. The van der Waals surface area contributed by atoms with Crippen molar-refractivity contribution in [1.29, 1.82) is 0 Å². The fraction of sp³-hybridized carbons (Fsp3) is 0.143. The number of anilines is 2. The second-order valence-corrected chi connectivity index (χ2v) is 5.47. The first-order chi connectivity index (χ1) is 11.8. The molecule has 0 N–H and O–H groups in total. The number of benzene rings is 3. The van der Waals surface area contributed by atoms with E-state index in [1.54, 1.807) is 14.2 Å². The van der Waals surface area contributed by atoms with Crippen LogP contribution in [0.4, 0.5) is 11.4 Å². The van der Waals surface area contributed by atoms with Gasteiger partial charge >= 0.3 is 0 Å². The lowest BCUT2D eigenvalue weighted by Crippen LogP contribution is -2.16. The molecular weight excluding hydrogens is 298 g/mol. The van der Waals surface area contributed by atoms with Crippen LogP contribution in [-0.4, -0.2) is 14.2 Å². The Balaban J connectivity index is 1.95. The highest BCUT2D eigenvalue weighted by Gasteiger charge is 2.10. The van der Waals surface area contributed by atoms with Crippen LogP contribution in [0.3, 0.4) is 0 Å². The van der Waals surface area contributed by atoms with Crippen molar-refractivity contribution in [2.75, 3.05) is 19.1 Å². The van der Waals surface area contributed by atoms with Gasteiger partial charge in [0, 0.05) is 17.9 Å². The molecule has 0 saturated heterocycles. The first kappa shape index (κ1) is 15.9. The minimum absolute atomic E-state index is 0.791. The Labute approximate surface area is 143 Å². The summed E-state index contributed by atoms with van der Waals surface area (Å²) in [6.45, 7) is 0.791. The molecule has 3 heteroatoms. The van der Waals surface area contributed by atoms with Crippen molar-refractivity contribution in [2.24, 2.45) is 0 Å². The van der Waals surface area contributed by atoms with Crippen LogP contribution >= 0.6 is 0 Å². The Hall–Kier alpha value is -2.94. The molecule has 0 radical (unpaired) electrons. The van der Waals surface area contributed by atoms with Gasteiger partial charge in [0.05, 0.1) is 14.2 Å². The van der Waals surface area contributed by atoms with Gasteiger partial charge in [0.15, 0.2) is 0 Å². The molecule has 122 valence electrons. The van der Waals surface area contributed by atoms with Gasteiger partial charge in [-0.2, -0.15) is 0 Å². The predicted octanol–water partition coefficient (Wildman–Crippen LogP) is 5.04. The fourth-order valence-corrected chi connectivity index (χ4v) is 2.62. The van der Waals surface area contributed by atoms with Crippen molar-refractivity contribution in [3.05, 3.63) is 84.4 Å². The maximum Gasteiger partial charge on any atom is 0.119 e. The molecule has 0 amide bonds. The number of methoxy groups -OCH3 is 2. The molecular formula is C21H21NO2. The van der Waals surface area contributed by atoms with Crippen molar-refractivity contribution < 1.29 is 9.47 Å². The van der Waals surface area contributed by atoms with Crippen LogP contribution < -0.4 is 14.4 Å². The summed E-state index contributed by atoms with van der Waals surface area (Å²) in [5.41, 5.74) is 3.48. The van der Waals surface area contributed by atoms with Crippen LogP contribution in [0.25, 0.3) is 0 Å². The molecule has 0 heterocycles. The summed E-state index contributed by atoms with van der Waals surface area (Å²) in [5.74, 6) is 1.71. The lowest BCUT2D eigenvalue weighted by molar-refractivity contribution is 0.415. The molecule has 3 rings (SSSR count). The van der Waals surface area contributed by atoms with E-state index in [1.807, 2.05) is 30.3 Å². The largest absolute Gasteiger partial charge is 0.497 e. The Bertz CT molecular complexity index is 705. The first-order valence-electron chi connectivity index (χ1n) is 7.90. The summed E-state index contributed by atoms with van der Waals surface area (Å²) in [6.07, 6.45) is 0. The van der Waals surface area contributed by atoms with E-state index in [9.17, 15) is 0 Å². The van der Waals surface area contributed by atoms with Crippen LogP contribution in [0.1, 0.15) is 5.56 Å². The maximum atomic E-state index is 5.27. The zero-order chi connectivity index (χ0) is 16.8. The Morgan fingerprint density at radius 1 is 0.625 bits per heavy atom. The lowest BCUT2D eigenvalue weighted by Gasteiger charge is -2.25. The third-order valence-electron chi connectivity index (χ3n) is 3.95. The molecule has 0 aliphatic rings. The maximum absolute atomic E-state index is 5.27. The fourth-order valence-electron chi connectivity index (χ4n) is 2.62. The number of nitrogens with zero attached hydrogens (tertiary/aromatic N) is 1. The predicted molar refractivity (Wildman–Crippen MR) is 98.3 cm³/mol. The first-order valence-corrected chi connectivity index (χ1v) is 7.90. The van der Waals surface area contributed by atoms with E-state index < -0.39 is 0 Å². The third-order valence-corrected chi connectivity index (χ3v) is 3.95. The molecule has 0 aromatic heterocycles. The highest BCUT2D eigenvalue weighted by atomic mass is 16.5. The molecule has 0 aliphatic carbocycles. The van der Waals surface area contributed by atoms with Crippen LogP contribution in [0.5, 0.6) is 11.5 Å². The van der Waals surface area contributed by atoms with Gasteiger partial charge in [-0.25, -0.2) is 0 Å². The molecule has 0 bridgehead atoms. The average Bonchev–Trinajstić information content (AvgIpc) is 2.67. The molecule has 0 aliphatic heterocycles. The van der Waals surface area contributed by atoms with Crippen LogP contribution in [0.15, 0.2) is 78.9 Å². The summed E-state index contributed by atoms with van der Waals surface area (Å²) in [5, 5.41) is 0. The molecule has 3 aromatic carbocycles. The summed E-state index contributed by atoms with van der Waals surface area (Å²) in [4.78, 5) is 2.27. The standard InChI is InChI=1S/C21H21NO2/c1-23-20-12-8-18(9-13-20)22(16-17-6-4-3-5-7-17)19-10-14-21(24-2)15-11-19/h3-15H,16H2,1-2H3. The van der Waals surface area contributed by atoms with Crippen molar-refractivity contribution in [1.82, 2.24) is 0 Å². The van der Waals surface area contributed by atoms with Crippen molar-refractivity contribution >= 4 is 11.4 Å². The molecule has 0 atom stereocenters. The SMILES string of the molecule is COc1ccc(N(Cc2ccccc2)c2ccc(OC)cc2)cc1. The van der Waals surface area contributed by atoms with Gasteiger partial charge in [-0.3, -0.25) is 0 Å². The highest BCUT2D eigenvalue weighted by Crippen LogP contribution is 2.30. The Morgan fingerprint density at radius 2 is 1.08 bits per heavy atom. The summed E-state index contributed by atoms with van der Waals surface area (Å²) >= 11 is 0. The number of hydrogen-bond acceptors (Lipinski definition) is 3. The van der Waals surface area contributed by atoms with E-state index >= 15 is 0 Å². The molecule has 0 saturated carbocycles. The van der Waals surface area contributed by atoms with Gasteiger partial charge in [-0.05, 0) is 54.1 Å². The van der Waals surface area contributed by atoms with Gasteiger partial charge in [0.1, 0.15) is 11.5 Å². The molecule has 0 spiro atoms. The molecule has 0 unspecified atom stereocenters. The highest BCUT2D eigenvalue weighted by molar-refractivity contribution is 5.64. The van der Waals surface area contributed by atoms with E-state index in [2.05, 4.69) is 53.4 Å². The Morgan fingerprint density at radius 3 is 1.50 bits per heavy atom. The van der Waals surface area contributed by atoms with Crippen molar-refractivity contribution in [3.8, 4) is 11.5 Å². The normalized spacial score (nSPS) is 10.2. The number of rotatable bonds is 6. The van der Waals surface area contributed by atoms with E-state index in [0.29, 0.717) is 0 Å². The van der Waals surface area contributed by atoms with Gasteiger partial charge in [0.2, 0.25) is 0 Å². The lowest BCUT2D eigenvalue weighted by atomic mass is 10.1. The number of ether oxygens (including phenoxy) is 2. The smallest absolute Gasteiger partial charge is 0.119 e. The van der Waals surface area contributed by atoms with Crippen LogP contribution in [0.2, 0.25) is 0 Å². The van der Waals surface area contributed by atoms with Crippen LogP contribution in [0, 0.1) is 0 Å². The van der Waals surface area contributed by atoms with Crippen LogP contribution in [-0.2, 0) is 6.54 Å². The average molecular weight is 319 g/mol. The zero-order valence-corrected chi connectivity index (χ0v) is 14.0. The van der Waals surface area contributed by atoms with E-state index in [-0.39, 0.29) is 0 Å². The molecule has 0 fully saturated rings. The van der Waals surface area contributed by atoms with Gasteiger partial charge in [-0.1, -0.05) is 30.3 Å². The third kappa shape index (κ3) is 3.69. The summed E-state index contributed by atoms with van der Waals surface area (Å²) < 4.78 is 10.5. The van der Waals surface area contributed by atoms with Crippen molar-refractivity contribution in [2.45, 2.75) is 6.54 Å². The van der Waals surface area contributed by atoms with Gasteiger partial charge in [-0.15, -0.1) is 0 Å². The van der Waals surface area contributed by atoms with Gasteiger partial charge < -0.3 is 14.4 Å². The van der Waals surface area contributed by atoms with Gasteiger partial charge in [0.25, 0.3) is 0 Å². The quantitative estimate of drug-likeness (QED) is 0.635. The molecule has 3 aromatic rings. The topological polar surface area (TPSA) is 21.7 Å². The molecule has 3 nitrogen and oxygen atoms in total. The summed E-state index contributed by atoms with van der Waals surface area (Å²) in [6, 6.07) is 26.7. The van der Waals surface area contributed by atoms with E-state index in [0.717, 1.165) is 29.4 Å². The monoisotopic (exact) mass is 319 g/mol. The minimum Gasteiger partial charge on any atom is -0.497 e. The second-order valence-electron chi connectivity index (χ2n) is 5.47. The Kier molecular flexibility index (Phi) is 5.02. The van der Waals surface area contributed by atoms with E-state index in [4.69, 9.17) is 9.47 Å². The minimum atomic E-state index is 0.791.